The van der Waals surface area contributed by atoms with Gasteiger partial charge in [0.25, 0.3) is 0 Å². The molecular formula is C15H18BrNOS. The van der Waals surface area contributed by atoms with Gasteiger partial charge in [0.1, 0.15) is 12.4 Å². The quantitative estimate of drug-likeness (QED) is 0.847. The van der Waals surface area contributed by atoms with Crippen molar-refractivity contribution in [1.29, 1.82) is 0 Å². The average Bonchev–Trinajstić information content (AvgIpc) is 2.82. The summed E-state index contributed by atoms with van der Waals surface area (Å²) in [5.74, 6) is 0.908. The van der Waals surface area contributed by atoms with Crippen LogP contribution in [0.3, 0.4) is 0 Å². The fourth-order valence-corrected chi connectivity index (χ4v) is 3.16. The molecule has 0 aliphatic heterocycles. The van der Waals surface area contributed by atoms with Gasteiger partial charge in [-0.3, -0.25) is 0 Å². The Labute approximate surface area is 126 Å². The van der Waals surface area contributed by atoms with E-state index in [4.69, 9.17) is 10.5 Å². The summed E-state index contributed by atoms with van der Waals surface area (Å²) < 4.78 is 6.92. The predicted octanol–water partition coefficient (Wildman–Crippen LogP) is 4.37. The van der Waals surface area contributed by atoms with Crippen molar-refractivity contribution in [1.82, 2.24) is 0 Å². The number of rotatable bonds is 6. The molecule has 2 aromatic rings. The van der Waals surface area contributed by atoms with Gasteiger partial charge < -0.3 is 10.5 Å². The van der Waals surface area contributed by atoms with Gasteiger partial charge in [0.05, 0.1) is 0 Å². The number of hydrogen-bond acceptors (Lipinski definition) is 3. The SMILES string of the molecule is CCC(N)Cc1cccc(OCc2cc(Br)cs2)c1. The van der Waals surface area contributed by atoms with Crippen LogP contribution in [0, 0.1) is 0 Å². The Kier molecular flexibility index (Phi) is 5.43. The maximum atomic E-state index is 5.98. The lowest BCUT2D eigenvalue weighted by Crippen LogP contribution is -2.21. The lowest BCUT2D eigenvalue weighted by atomic mass is 10.0. The molecule has 0 amide bonds. The van der Waals surface area contributed by atoms with Gasteiger partial charge in [-0.1, -0.05) is 19.1 Å². The minimum absolute atomic E-state index is 0.225. The van der Waals surface area contributed by atoms with Crippen molar-refractivity contribution in [3.63, 3.8) is 0 Å². The highest BCUT2D eigenvalue weighted by molar-refractivity contribution is 9.10. The monoisotopic (exact) mass is 339 g/mol. The largest absolute Gasteiger partial charge is 0.488 e. The van der Waals surface area contributed by atoms with Crippen molar-refractivity contribution >= 4 is 27.3 Å². The smallest absolute Gasteiger partial charge is 0.122 e. The Morgan fingerprint density at radius 3 is 2.89 bits per heavy atom. The highest BCUT2D eigenvalue weighted by atomic mass is 79.9. The van der Waals surface area contributed by atoms with E-state index >= 15 is 0 Å². The highest BCUT2D eigenvalue weighted by Crippen LogP contribution is 2.22. The first-order chi connectivity index (χ1) is 9.17. The van der Waals surface area contributed by atoms with E-state index in [-0.39, 0.29) is 6.04 Å². The predicted molar refractivity (Wildman–Crippen MR) is 84.8 cm³/mol. The number of ether oxygens (including phenoxy) is 1. The van der Waals surface area contributed by atoms with Crippen LogP contribution < -0.4 is 10.5 Å². The molecule has 19 heavy (non-hydrogen) atoms. The van der Waals surface area contributed by atoms with E-state index in [1.165, 1.54) is 10.4 Å². The van der Waals surface area contributed by atoms with Crippen LogP contribution in [-0.2, 0) is 13.0 Å². The number of benzene rings is 1. The first kappa shape index (κ1) is 14.6. The molecule has 0 aliphatic carbocycles. The first-order valence-corrected chi connectivity index (χ1v) is 8.05. The van der Waals surface area contributed by atoms with Gasteiger partial charge in [0, 0.05) is 20.8 Å². The van der Waals surface area contributed by atoms with Crippen molar-refractivity contribution < 1.29 is 4.74 Å². The lowest BCUT2D eigenvalue weighted by molar-refractivity contribution is 0.309. The van der Waals surface area contributed by atoms with Crippen molar-refractivity contribution in [2.24, 2.45) is 5.73 Å². The van der Waals surface area contributed by atoms with Gasteiger partial charge in [0.15, 0.2) is 0 Å². The van der Waals surface area contributed by atoms with Crippen molar-refractivity contribution in [3.8, 4) is 5.75 Å². The van der Waals surface area contributed by atoms with E-state index in [1.54, 1.807) is 11.3 Å². The van der Waals surface area contributed by atoms with Crippen LogP contribution in [-0.4, -0.2) is 6.04 Å². The standard InChI is InChI=1S/C15H18BrNOS/c1-2-13(17)6-11-4-3-5-14(7-11)18-9-15-8-12(16)10-19-15/h3-5,7-8,10,13H,2,6,9,17H2,1H3. The molecular weight excluding hydrogens is 322 g/mol. The van der Waals surface area contributed by atoms with Gasteiger partial charge in [-0.05, 0) is 52.5 Å². The Morgan fingerprint density at radius 1 is 1.37 bits per heavy atom. The third-order valence-corrected chi connectivity index (χ3v) is 4.59. The molecule has 4 heteroatoms. The van der Waals surface area contributed by atoms with Crippen LogP contribution in [0.1, 0.15) is 23.8 Å². The zero-order valence-electron chi connectivity index (χ0n) is 10.9. The molecule has 2 rings (SSSR count). The third kappa shape index (κ3) is 4.64. The van der Waals surface area contributed by atoms with Crippen LogP contribution >= 0.6 is 27.3 Å². The maximum Gasteiger partial charge on any atom is 0.122 e. The van der Waals surface area contributed by atoms with E-state index in [2.05, 4.69) is 46.4 Å². The fourth-order valence-electron chi connectivity index (χ4n) is 1.79. The molecule has 0 radical (unpaired) electrons. The molecule has 102 valence electrons. The second-order valence-corrected chi connectivity index (χ2v) is 6.45. The Bertz CT molecular complexity index is 526. The zero-order valence-corrected chi connectivity index (χ0v) is 13.3. The summed E-state index contributed by atoms with van der Waals surface area (Å²) in [5, 5.41) is 2.06. The van der Waals surface area contributed by atoms with Crippen LogP contribution in [0.15, 0.2) is 40.2 Å². The Morgan fingerprint density at radius 2 is 2.21 bits per heavy atom. The first-order valence-electron chi connectivity index (χ1n) is 6.37. The van der Waals surface area contributed by atoms with E-state index in [0.717, 1.165) is 23.1 Å². The topological polar surface area (TPSA) is 35.2 Å². The summed E-state index contributed by atoms with van der Waals surface area (Å²) in [6.07, 6.45) is 1.90. The normalized spacial score (nSPS) is 12.4. The number of hydrogen-bond donors (Lipinski definition) is 1. The van der Waals surface area contributed by atoms with Crippen LogP contribution in [0.25, 0.3) is 0 Å². The summed E-state index contributed by atoms with van der Waals surface area (Å²) in [6.45, 7) is 2.72. The summed E-state index contributed by atoms with van der Waals surface area (Å²) >= 11 is 5.14. The molecule has 1 aromatic carbocycles. The van der Waals surface area contributed by atoms with E-state index in [0.29, 0.717) is 6.61 Å². The maximum absolute atomic E-state index is 5.98. The molecule has 1 atom stereocenters. The molecule has 0 fully saturated rings. The van der Waals surface area contributed by atoms with Gasteiger partial charge in [-0.25, -0.2) is 0 Å². The fraction of sp³-hybridized carbons (Fsp3) is 0.333. The molecule has 1 unspecified atom stereocenters. The van der Waals surface area contributed by atoms with Crippen LogP contribution in [0.5, 0.6) is 5.75 Å². The Hall–Kier alpha value is -0.840. The minimum atomic E-state index is 0.225. The van der Waals surface area contributed by atoms with Gasteiger partial charge >= 0.3 is 0 Å². The highest BCUT2D eigenvalue weighted by Gasteiger charge is 2.04. The van der Waals surface area contributed by atoms with Gasteiger partial charge in [0.2, 0.25) is 0 Å². The Balaban J connectivity index is 1.95. The number of halogens is 1. The molecule has 0 aliphatic rings. The van der Waals surface area contributed by atoms with E-state index in [9.17, 15) is 0 Å². The minimum Gasteiger partial charge on any atom is -0.488 e. The summed E-state index contributed by atoms with van der Waals surface area (Å²) in [5.41, 5.74) is 7.21. The van der Waals surface area contributed by atoms with Gasteiger partial charge in [-0.2, -0.15) is 0 Å². The molecule has 0 bridgehead atoms. The summed E-state index contributed by atoms with van der Waals surface area (Å²) in [7, 11) is 0. The molecule has 1 aromatic heterocycles. The molecule has 0 spiro atoms. The molecule has 0 saturated carbocycles. The average molecular weight is 340 g/mol. The number of thiophene rings is 1. The van der Waals surface area contributed by atoms with E-state index < -0.39 is 0 Å². The van der Waals surface area contributed by atoms with Crippen LogP contribution in [0.2, 0.25) is 0 Å². The van der Waals surface area contributed by atoms with Crippen molar-refractivity contribution in [2.45, 2.75) is 32.4 Å². The van der Waals surface area contributed by atoms with Crippen molar-refractivity contribution in [2.75, 3.05) is 0 Å². The second-order valence-electron chi connectivity index (χ2n) is 4.54. The lowest BCUT2D eigenvalue weighted by Gasteiger charge is -2.10. The second kappa shape index (κ2) is 7.08. The molecule has 2 nitrogen and oxygen atoms in total. The number of nitrogens with two attached hydrogens (primary N) is 1. The summed E-state index contributed by atoms with van der Waals surface area (Å²) in [4.78, 5) is 1.21. The van der Waals surface area contributed by atoms with E-state index in [1.807, 2.05) is 12.1 Å². The third-order valence-electron chi connectivity index (χ3n) is 2.92. The zero-order chi connectivity index (χ0) is 13.7. The molecule has 1 heterocycles. The molecule has 0 saturated heterocycles. The van der Waals surface area contributed by atoms with Crippen molar-refractivity contribution in [3.05, 3.63) is 50.6 Å². The van der Waals surface area contributed by atoms with Crippen LogP contribution in [0.4, 0.5) is 0 Å². The van der Waals surface area contributed by atoms with Gasteiger partial charge in [-0.15, -0.1) is 11.3 Å². The summed E-state index contributed by atoms with van der Waals surface area (Å²) in [6, 6.07) is 10.5. The molecule has 2 N–H and O–H groups in total.